The van der Waals surface area contributed by atoms with Crippen LogP contribution in [0.2, 0.25) is 0 Å². The average molecular weight is 723 g/mol. The van der Waals surface area contributed by atoms with Gasteiger partial charge in [0.15, 0.2) is 0 Å². The van der Waals surface area contributed by atoms with E-state index in [4.69, 9.17) is 4.99 Å². The summed E-state index contributed by atoms with van der Waals surface area (Å²) >= 11 is 0. The quantitative estimate of drug-likeness (QED) is 0.192. The molecule has 0 saturated heterocycles. The van der Waals surface area contributed by atoms with Crippen molar-refractivity contribution < 1.29 is 0 Å². The average Bonchev–Trinajstić information content (AvgIpc) is 3.55. The molecule has 56 heavy (non-hydrogen) atoms. The molecule has 5 aliphatic rings. The van der Waals surface area contributed by atoms with Gasteiger partial charge in [-0.1, -0.05) is 158 Å². The number of nitrogens with one attached hydrogen (secondary N) is 1. The van der Waals surface area contributed by atoms with E-state index in [1.165, 1.54) is 66.7 Å². The monoisotopic (exact) mass is 722 g/mol. The lowest BCUT2D eigenvalue weighted by molar-refractivity contribution is 0.614. The van der Waals surface area contributed by atoms with Gasteiger partial charge >= 0.3 is 0 Å². The zero-order valence-electron chi connectivity index (χ0n) is 31.2. The summed E-state index contributed by atoms with van der Waals surface area (Å²) in [4.78, 5) is 7.87. The zero-order chi connectivity index (χ0) is 37.0. The summed E-state index contributed by atoms with van der Waals surface area (Å²) in [6.07, 6.45) is 28.2. The molecule has 4 nitrogen and oxygen atoms in total. The first kappa shape index (κ1) is 32.8. The molecule has 1 N–H and O–H groups in total. The molecule has 270 valence electrons. The molecule has 4 atom stereocenters. The van der Waals surface area contributed by atoms with Crippen LogP contribution in [0.1, 0.15) is 42.3 Å². The molecule has 1 aromatic heterocycles. The van der Waals surface area contributed by atoms with E-state index in [0.29, 0.717) is 0 Å². The second kappa shape index (κ2) is 13.6. The molecule has 0 radical (unpaired) electrons. The van der Waals surface area contributed by atoms with Crippen LogP contribution in [-0.2, 0) is 0 Å². The fourth-order valence-electron chi connectivity index (χ4n) is 9.61. The highest BCUT2D eigenvalue weighted by Crippen LogP contribution is 2.51. The van der Waals surface area contributed by atoms with Gasteiger partial charge in [-0.05, 0) is 77.4 Å². The Bertz CT molecular complexity index is 2770. The maximum atomic E-state index is 5.31. The topological polar surface area (TPSA) is 32.6 Å². The molecule has 0 saturated carbocycles. The fraction of sp³-hybridized carbons (Fsp3) is 0.135. The minimum Gasteiger partial charge on any atom is -0.360 e. The summed E-state index contributed by atoms with van der Waals surface area (Å²) in [6.45, 7) is 0. The highest BCUT2D eigenvalue weighted by molar-refractivity contribution is 6.12. The van der Waals surface area contributed by atoms with Crippen LogP contribution in [0.3, 0.4) is 0 Å². The van der Waals surface area contributed by atoms with Crippen LogP contribution >= 0.6 is 0 Å². The van der Waals surface area contributed by atoms with Gasteiger partial charge < -0.3 is 14.8 Å². The molecule has 5 aromatic carbocycles. The van der Waals surface area contributed by atoms with Gasteiger partial charge in [-0.2, -0.15) is 0 Å². The Morgan fingerprint density at radius 1 is 0.696 bits per heavy atom. The van der Waals surface area contributed by atoms with Crippen LogP contribution in [0.5, 0.6) is 0 Å². The molecular weight excluding hydrogens is 681 g/mol. The zero-order valence-corrected chi connectivity index (χ0v) is 31.2. The molecule has 0 spiro atoms. The van der Waals surface area contributed by atoms with Gasteiger partial charge in [0, 0.05) is 44.8 Å². The van der Waals surface area contributed by atoms with Crippen LogP contribution in [0.25, 0.3) is 32.9 Å². The van der Waals surface area contributed by atoms with E-state index >= 15 is 0 Å². The van der Waals surface area contributed by atoms with Crippen molar-refractivity contribution >= 4 is 38.9 Å². The molecule has 0 bridgehead atoms. The number of para-hydroxylation sites is 3. The van der Waals surface area contributed by atoms with Crippen molar-refractivity contribution in [2.45, 2.75) is 43.4 Å². The molecule has 0 fully saturated rings. The standard InChI is InChI=1S/C52H42N4/c1-4-16-35(17-5-1)45-34-46(36-18-6-2-7-19-36)54-52(53-45)37-28-30-39(31-29-37)56-48-26-14-11-23-41(48)43-33-32-42-40-22-10-13-25-47(40)55(38-20-8-3-9-21-38)49-27-15-12-24-44(49)50(42)51(43)56/h1-6,8-18,20-30,32-34,39,44,49,52,54H,7,19,31H2. The lowest BCUT2D eigenvalue weighted by Crippen LogP contribution is -2.35. The molecule has 6 aromatic rings. The summed E-state index contributed by atoms with van der Waals surface area (Å²) in [5.41, 5.74) is 14.9. The smallest absolute Gasteiger partial charge is 0.145 e. The normalized spacial score (nSPS) is 22.3. The van der Waals surface area contributed by atoms with Crippen LogP contribution in [0.4, 0.5) is 11.4 Å². The number of allylic oxidation sites excluding steroid dienone is 9. The van der Waals surface area contributed by atoms with Gasteiger partial charge in [0.1, 0.15) is 6.17 Å². The number of nitrogens with zero attached hydrogens (tertiary/aromatic N) is 3. The third-order valence-electron chi connectivity index (χ3n) is 12.2. The van der Waals surface area contributed by atoms with Gasteiger partial charge in [0.25, 0.3) is 0 Å². The number of fused-ring (bicyclic) bond motifs is 9. The van der Waals surface area contributed by atoms with E-state index < -0.39 is 0 Å². The number of hydrogen-bond acceptors (Lipinski definition) is 3. The maximum Gasteiger partial charge on any atom is 0.145 e. The summed E-state index contributed by atoms with van der Waals surface area (Å²) in [7, 11) is 0. The molecule has 3 aliphatic carbocycles. The Kier molecular flexibility index (Phi) is 7.94. The molecule has 2 aliphatic heterocycles. The first-order valence-electron chi connectivity index (χ1n) is 20.0. The highest BCUT2D eigenvalue weighted by atomic mass is 15.2. The van der Waals surface area contributed by atoms with Crippen LogP contribution < -0.4 is 10.2 Å². The van der Waals surface area contributed by atoms with E-state index in [-0.39, 0.29) is 24.2 Å². The summed E-state index contributed by atoms with van der Waals surface area (Å²) in [5.74, 6) is 0.138. The number of hydrogen-bond donors (Lipinski definition) is 1. The maximum absolute atomic E-state index is 5.31. The van der Waals surface area contributed by atoms with Crippen molar-refractivity contribution in [2.24, 2.45) is 4.99 Å². The second-order valence-corrected chi connectivity index (χ2v) is 15.3. The van der Waals surface area contributed by atoms with E-state index in [9.17, 15) is 0 Å². The van der Waals surface area contributed by atoms with Crippen molar-refractivity contribution in [1.82, 2.24) is 9.88 Å². The van der Waals surface area contributed by atoms with Crippen molar-refractivity contribution in [1.29, 1.82) is 0 Å². The highest BCUT2D eigenvalue weighted by Gasteiger charge is 2.37. The Balaban J connectivity index is 1.04. The SMILES string of the molecule is C1=CCCC(C2=CC(c3ccccc3)=NC(C3=CCC(n4c5ccccc5c5ccc6c(c54)C4C=CC=CC4N(c4ccccc4)c4ccccc4-6)C=C3)N2)=C1. The fourth-order valence-corrected chi connectivity index (χ4v) is 9.61. The largest absolute Gasteiger partial charge is 0.360 e. The summed E-state index contributed by atoms with van der Waals surface area (Å²) in [5, 5.41) is 6.44. The number of aliphatic imine (C=N–C) groups is 1. The van der Waals surface area contributed by atoms with E-state index in [1.54, 1.807) is 0 Å². The van der Waals surface area contributed by atoms with Crippen LogP contribution in [0.15, 0.2) is 210 Å². The third kappa shape index (κ3) is 5.39. The van der Waals surface area contributed by atoms with E-state index in [2.05, 4.69) is 203 Å². The lowest BCUT2D eigenvalue weighted by Gasteiger charge is -2.36. The van der Waals surface area contributed by atoms with Crippen molar-refractivity contribution in [3.63, 3.8) is 0 Å². The number of anilines is 2. The summed E-state index contributed by atoms with van der Waals surface area (Å²) < 4.78 is 2.65. The van der Waals surface area contributed by atoms with Crippen LogP contribution in [-0.4, -0.2) is 22.5 Å². The molecular formula is C52H42N4. The number of rotatable bonds is 5. The van der Waals surface area contributed by atoms with Gasteiger partial charge in [-0.15, -0.1) is 0 Å². The minimum atomic E-state index is -0.163. The van der Waals surface area contributed by atoms with Gasteiger partial charge in [0.05, 0.1) is 23.3 Å². The predicted octanol–water partition coefficient (Wildman–Crippen LogP) is 12.2. The van der Waals surface area contributed by atoms with Gasteiger partial charge in [0.2, 0.25) is 0 Å². The predicted molar refractivity (Wildman–Crippen MR) is 234 cm³/mol. The first-order valence-corrected chi connectivity index (χ1v) is 20.0. The Hall–Kier alpha value is -6.65. The lowest BCUT2D eigenvalue weighted by atomic mass is 9.83. The van der Waals surface area contributed by atoms with Crippen molar-refractivity contribution in [2.75, 3.05) is 4.90 Å². The van der Waals surface area contributed by atoms with Crippen molar-refractivity contribution in [3.8, 4) is 11.1 Å². The second-order valence-electron chi connectivity index (χ2n) is 15.3. The van der Waals surface area contributed by atoms with E-state index in [1.807, 2.05) is 0 Å². The van der Waals surface area contributed by atoms with E-state index in [0.717, 1.165) is 30.5 Å². The van der Waals surface area contributed by atoms with Crippen LogP contribution in [0, 0.1) is 0 Å². The van der Waals surface area contributed by atoms with Gasteiger partial charge in [-0.3, -0.25) is 4.99 Å². The Labute approximate surface area is 328 Å². The molecule has 4 unspecified atom stereocenters. The summed E-state index contributed by atoms with van der Waals surface area (Å²) in [6, 6.07) is 44.5. The third-order valence-corrected chi connectivity index (χ3v) is 12.2. The number of benzene rings is 5. The Morgan fingerprint density at radius 2 is 1.50 bits per heavy atom. The molecule has 0 amide bonds. The Morgan fingerprint density at radius 3 is 2.34 bits per heavy atom. The van der Waals surface area contributed by atoms with Gasteiger partial charge in [-0.25, -0.2) is 0 Å². The molecule has 11 rings (SSSR count). The number of aromatic nitrogens is 1. The minimum absolute atomic E-state index is 0.112. The molecule has 3 heterocycles. The molecule has 4 heteroatoms. The van der Waals surface area contributed by atoms with Crippen molar-refractivity contribution in [3.05, 3.63) is 216 Å². The first-order chi connectivity index (χ1) is 27.8.